The molecule has 0 spiro atoms. The quantitative estimate of drug-likeness (QED) is 0.518. The Morgan fingerprint density at radius 3 is 1.95 bits per heavy atom. The Morgan fingerprint density at radius 2 is 1.57 bits per heavy atom. The van der Waals surface area contributed by atoms with Gasteiger partial charge >= 0.3 is 11.9 Å². The molecule has 3 unspecified atom stereocenters. The van der Waals surface area contributed by atoms with Crippen molar-refractivity contribution in [3.8, 4) is 0 Å². The second-order valence-electron chi connectivity index (χ2n) is 5.29. The average Bonchev–Trinajstić information content (AvgIpc) is 2.42. The van der Waals surface area contributed by atoms with Gasteiger partial charge in [-0.15, -0.1) is 0 Å². The summed E-state index contributed by atoms with van der Waals surface area (Å²) in [4.78, 5) is 23.9. The number of esters is 2. The molecule has 0 aromatic rings. The summed E-state index contributed by atoms with van der Waals surface area (Å²) in [6.45, 7) is 10.7. The first-order chi connectivity index (χ1) is 9.71. The highest BCUT2D eigenvalue weighted by atomic mass is 16.7. The van der Waals surface area contributed by atoms with E-state index in [1.54, 1.807) is 34.6 Å². The van der Waals surface area contributed by atoms with Gasteiger partial charge in [0, 0.05) is 19.4 Å². The first-order valence-electron chi connectivity index (χ1n) is 7.47. The van der Waals surface area contributed by atoms with Crippen LogP contribution in [0.4, 0.5) is 0 Å². The van der Waals surface area contributed by atoms with Gasteiger partial charge in [-0.25, -0.2) is 9.59 Å². The average molecular weight is 304 g/mol. The molecule has 0 heterocycles. The number of carbonyl (C=O) groups excluding carboxylic acids is 2. The molecule has 0 fully saturated rings. The monoisotopic (exact) mass is 304 g/mol. The third-order valence-corrected chi connectivity index (χ3v) is 3.32. The lowest BCUT2D eigenvalue weighted by atomic mass is 10.0. The smallest absolute Gasteiger partial charge is 0.338 e. The van der Waals surface area contributed by atoms with Crippen LogP contribution in [0.2, 0.25) is 0 Å². The van der Waals surface area contributed by atoms with Gasteiger partial charge in [-0.3, -0.25) is 0 Å². The van der Waals surface area contributed by atoms with Crippen molar-refractivity contribution >= 4 is 11.9 Å². The Kier molecular flexibility index (Phi) is 8.51. The van der Waals surface area contributed by atoms with Crippen LogP contribution in [0.15, 0.2) is 0 Å². The van der Waals surface area contributed by atoms with Crippen LogP contribution in [0.1, 0.15) is 54.4 Å². The topological polar surface area (TPSA) is 82.1 Å². The second kappa shape index (κ2) is 9.00. The minimum atomic E-state index is -1.44. The van der Waals surface area contributed by atoms with Gasteiger partial charge in [0.15, 0.2) is 12.2 Å². The molecule has 0 aromatic carbocycles. The zero-order valence-electron chi connectivity index (χ0n) is 13.8. The van der Waals surface area contributed by atoms with Crippen LogP contribution in [-0.2, 0) is 23.8 Å². The van der Waals surface area contributed by atoms with E-state index in [0.29, 0.717) is 13.0 Å². The van der Waals surface area contributed by atoms with E-state index in [4.69, 9.17) is 14.2 Å². The van der Waals surface area contributed by atoms with Gasteiger partial charge in [-0.2, -0.15) is 0 Å². The van der Waals surface area contributed by atoms with Crippen molar-refractivity contribution in [2.45, 2.75) is 72.4 Å². The predicted molar refractivity (Wildman–Crippen MR) is 77.4 cm³/mol. The van der Waals surface area contributed by atoms with E-state index in [1.807, 2.05) is 0 Å². The lowest BCUT2D eigenvalue weighted by Crippen LogP contribution is -2.46. The molecule has 21 heavy (non-hydrogen) atoms. The fourth-order valence-electron chi connectivity index (χ4n) is 1.51. The summed E-state index contributed by atoms with van der Waals surface area (Å²) in [5.41, 5.74) is 0. The van der Waals surface area contributed by atoms with Crippen molar-refractivity contribution in [3.63, 3.8) is 0 Å². The minimum Gasteiger partial charge on any atom is -0.421 e. The Labute approximate surface area is 126 Å². The zero-order chi connectivity index (χ0) is 16.6. The third-order valence-electron chi connectivity index (χ3n) is 3.32. The Hall–Kier alpha value is -1.14. The molecule has 0 bridgehead atoms. The van der Waals surface area contributed by atoms with Crippen molar-refractivity contribution < 1.29 is 28.9 Å². The summed E-state index contributed by atoms with van der Waals surface area (Å²) in [5, 5.41) is 9.51. The van der Waals surface area contributed by atoms with E-state index in [2.05, 4.69) is 0 Å². The molecule has 6 nitrogen and oxygen atoms in total. The first-order valence-corrected chi connectivity index (χ1v) is 7.47. The molecule has 0 aliphatic rings. The molecule has 0 radical (unpaired) electrons. The third kappa shape index (κ3) is 6.01. The van der Waals surface area contributed by atoms with Crippen LogP contribution < -0.4 is 0 Å². The number of aliphatic hydroxyl groups is 1. The van der Waals surface area contributed by atoms with Gasteiger partial charge in [0.05, 0.1) is 0 Å². The zero-order valence-corrected chi connectivity index (χ0v) is 13.8. The molecular weight excluding hydrogens is 276 g/mol. The van der Waals surface area contributed by atoms with Gasteiger partial charge < -0.3 is 19.3 Å². The molecule has 0 rings (SSSR count). The second-order valence-corrected chi connectivity index (χ2v) is 5.29. The highest BCUT2D eigenvalue weighted by Crippen LogP contribution is 2.25. The summed E-state index contributed by atoms with van der Waals surface area (Å²) in [6, 6.07) is 0. The van der Waals surface area contributed by atoms with Gasteiger partial charge in [0.2, 0.25) is 0 Å². The molecule has 0 aliphatic heterocycles. The molecule has 0 saturated carbocycles. The summed E-state index contributed by atoms with van der Waals surface area (Å²) in [7, 11) is 0. The molecule has 0 amide bonds. The van der Waals surface area contributed by atoms with Crippen molar-refractivity contribution in [2.75, 3.05) is 6.61 Å². The summed E-state index contributed by atoms with van der Waals surface area (Å²) in [6.07, 6.45) is -1.22. The lowest BCUT2D eigenvalue weighted by Gasteiger charge is -2.34. The van der Waals surface area contributed by atoms with Gasteiger partial charge in [-0.1, -0.05) is 27.7 Å². The van der Waals surface area contributed by atoms with E-state index in [-0.39, 0.29) is 12.3 Å². The van der Waals surface area contributed by atoms with Crippen molar-refractivity contribution in [1.29, 1.82) is 0 Å². The molecule has 0 saturated heterocycles. The van der Waals surface area contributed by atoms with Gasteiger partial charge in [0.25, 0.3) is 5.79 Å². The predicted octanol–water partition coefficient (Wildman–Crippen LogP) is 2.03. The summed E-state index contributed by atoms with van der Waals surface area (Å²) >= 11 is 0. The summed E-state index contributed by atoms with van der Waals surface area (Å²) in [5.74, 6) is -3.08. The van der Waals surface area contributed by atoms with Crippen LogP contribution >= 0.6 is 0 Å². The van der Waals surface area contributed by atoms with E-state index >= 15 is 0 Å². The Morgan fingerprint density at radius 1 is 1.05 bits per heavy atom. The van der Waals surface area contributed by atoms with E-state index < -0.39 is 29.9 Å². The maximum atomic E-state index is 12.1. The van der Waals surface area contributed by atoms with E-state index in [1.165, 1.54) is 6.92 Å². The number of rotatable bonds is 9. The first kappa shape index (κ1) is 19.9. The molecule has 6 heteroatoms. The maximum Gasteiger partial charge on any atom is 0.338 e. The molecule has 0 aliphatic carbocycles. The Balaban J connectivity index is 4.95. The number of hydrogen-bond donors (Lipinski definition) is 1. The SMILES string of the molecule is CCOC(CC)C(=O)OC(C)(OC(=O)C(O)CC)C(C)C. The molecule has 124 valence electrons. The summed E-state index contributed by atoms with van der Waals surface area (Å²) < 4.78 is 15.8. The highest BCUT2D eigenvalue weighted by Gasteiger charge is 2.39. The van der Waals surface area contributed by atoms with Crippen LogP contribution in [0.25, 0.3) is 0 Å². The molecule has 1 N–H and O–H groups in total. The van der Waals surface area contributed by atoms with Crippen molar-refractivity contribution in [1.82, 2.24) is 0 Å². The van der Waals surface area contributed by atoms with Crippen LogP contribution in [0, 0.1) is 5.92 Å². The highest BCUT2D eigenvalue weighted by molar-refractivity contribution is 5.77. The molecule has 0 aromatic heterocycles. The largest absolute Gasteiger partial charge is 0.421 e. The fourth-order valence-corrected chi connectivity index (χ4v) is 1.51. The van der Waals surface area contributed by atoms with Gasteiger partial charge in [0.1, 0.15) is 0 Å². The fraction of sp³-hybridized carbons (Fsp3) is 0.867. The van der Waals surface area contributed by atoms with Crippen LogP contribution in [0.3, 0.4) is 0 Å². The van der Waals surface area contributed by atoms with E-state index in [9.17, 15) is 14.7 Å². The number of hydrogen-bond acceptors (Lipinski definition) is 6. The van der Waals surface area contributed by atoms with E-state index in [0.717, 1.165) is 0 Å². The molecule has 3 atom stereocenters. The van der Waals surface area contributed by atoms with Crippen LogP contribution in [0.5, 0.6) is 0 Å². The minimum absolute atomic E-state index is 0.234. The normalized spacial score (nSPS) is 17.0. The van der Waals surface area contributed by atoms with Gasteiger partial charge in [-0.05, 0) is 19.8 Å². The van der Waals surface area contributed by atoms with Crippen molar-refractivity contribution in [2.24, 2.45) is 5.92 Å². The number of carbonyl (C=O) groups is 2. The van der Waals surface area contributed by atoms with Crippen LogP contribution in [-0.4, -0.2) is 41.6 Å². The standard InChI is InChI=1S/C15H28O6/c1-7-11(16)13(17)20-15(6,10(4)5)21-14(18)12(8-2)19-9-3/h10-12,16H,7-9H2,1-6H3. The molecular formula is C15H28O6. The Bertz CT molecular complexity index is 341. The lowest BCUT2D eigenvalue weighted by molar-refractivity contribution is -0.247. The maximum absolute atomic E-state index is 12.1. The number of aliphatic hydroxyl groups excluding tert-OH is 1. The van der Waals surface area contributed by atoms with Crippen molar-refractivity contribution in [3.05, 3.63) is 0 Å². The number of ether oxygens (including phenoxy) is 3.